The summed E-state index contributed by atoms with van der Waals surface area (Å²) in [6.07, 6.45) is 2.92. The molecule has 0 fully saturated rings. The fourth-order valence-electron chi connectivity index (χ4n) is 3.52. The zero-order valence-corrected chi connectivity index (χ0v) is 20.4. The molecule has 0 saturated heterocycles. The third kappa shape index (κ3) is 7.69. The zero-order chi connectivity index (χ0) is 26.7. The van der Waals surface area contributed by atoms with Crippen molar-refractivity contribution in [2.45, 2.75) is 25.9 Å². The van der Waals surface area contributed by atoms with E-state index >= 15 is 0 Å². The summed E-state index contributed by atoms with van der Waals surface area (Å²) in [6.45, 7) is 0.492. The Hall–Kier alpha value is -5.12. The normalized spacial score (nSPS) is 10.4. The number of rotatable bonds is 11. The molecule has 4 rings (SSSR count). The molecule has 2 aromatic carbocycles. The van der Waals surface area contributed by atoms with Crippen LogP contribution >= 0.6 is 0 Å². The van der Waals surface area contributed by atoms with Crippen molar-refractivity contribution in [2.75, 3.05) is 10.6 Å². The summed E-state index contributed by atoms with van der Waals surface area (Å²) < 4.78 is 10.4. The molecular formula is C28H26N4O6. The minimum absolute atomic E-state index is 0.0654. The molecule has 0 saturated carbocycles. The van der Waals surface area contributed by atoms with Crippen molar-refractivity contribution < 1.29 is 28.0 Å². The highest BCUT2D eigenvalue weighted by atomic mass is 16.3. The molecule has 0 aliphatic carbocycles. The van der Waals surface area contributed by atoms with Gasteiger partial charge in [0.2, 0.25) is 11.8 Å². The van der Waals surface area contributed by atoms with Crippen LogP contribution in [-0.2, 0) is 22.7 Å². The molecule has 0 aliphatic heterocycles. The van der Waals surface area contributed by atoms with Crippen molar-refractivity contribution >= 4 is 35.0 Å². The smallest absolute Gasteiger partial charge is 0.251 e. The summed E-state index contributed by atoms with van der Waals surface area (Å²) in [5.74, 6) is -0.122. The lowest BCUT2D eigenvalue weighted by Crippen LogP contribution is -2.23. The fraction of sp³-hybridized carbons (Fsp3) is 0.143. The maximum atomic E-state index is 12.4. The maximum Gasteiger partial charge on any atom is 0.251 e. The SMILES string of the molecule is O=C(CCC(=O)Nc1cccc(C(=O)NCc2ccco2)c1)Nc1cccc(C(=O)NCc2ccco2)c1. The number of nitrogens with one attached hydrogen (secondary N) is 4. The van der Waals surface area contributed by atoms with Crippen LogP contribution in [0.15, 0.2) is 94.2 Å². The van der Waals surface area contributed by atoms with E-state index < -0.39 is 0 Å². The van der Waals surface area contributed by atoms with E-state index in [4.69, 9.17) is 8.83 Å². The number of carbonyl (C=O) groups excluding carboxylic acids is 4. The first-order chi connectivity index (χ1) is 18.5. The number of anilines is 2. The van der Waals surface area contributed by atoms with Gasteiger partial charge in [-0.2, -0.15) is 0 Å². The van der Waals surface area contributed by atoms with Crippen LogP contribution in [0.4, 0.5) is 11.4 Å². The molecule has 4 amide bonds. The second-order valence-corrected chi connectivity index (χ2v) is 8.28. The Morgan fingerprint density at radius 2 is 1.03 bits per heavy atom. The predicted molar refractivity (Wildman–Crippen MR) is 139 cm³/mol. The van der Waals surface area contributed by atoms with Gasteiger partial charge in [0.05, 0.1) is 25.6 Å². The van der Waals surface area contributed by atoms with Crippen molar-refractivity contribution in [3.63, 3.8) is 0 Å². The van der Waals surface area contributed by atoms with Gasteiger partial charge in [0.15, 0.2) is 0 Å². The quantitative estimate of drug-likeness (QED) is 0.237. The Labute approximate surface area is 218 Å². The molecule has 10 nitrogen and oxygen atoms in total. The van der Waals surface area contributed by atoms with E-state index in [1.807, 2.05) is 0 Å². The molecule has 38 heavy (non-hydrogen) atoms. The molecule has 0 aliphatic rings. The first-order valence-electron chi connectivity index (χ1n) is 11.9. The minimum Gasteiger partial charge on any atom is -0.467 e. The van der Waals surface area contributed by atoms with Crippen LogP contribution in [0.25, 0.3) is 0 Å². The van der Waals surface area contributed by atoms with Crippen LogP contribution in [0.2, 0.25) is 0 Å². The molecule has 10 heteroatoms. The van der Waals surface area contributed by atoms with Gasteiger partial charge >= 0.3 is 0 Å². The summed E-state index contributed by atoms with van der Waals surface area (Å²) in [4.78, 5) is 49.5. The average Bonchev–Trinajstić information content (AvgIpc) is 3.64. The summed E-state index contributed by atoms with van der Waals surface area (Å²) >= 11 is 0. The van der Waals surface area contributed by atoms with Crippen LogP contribution in [0.1, 0.15) is 45.1 Å². The van der Waals surface area contributed by atoms with Gasteiger partial charge in [0, 0.05) is 35.3 Å². The molecule has 2 heterocycles. The molecule has 0 spiro atoms. The second-order valence-electron chi connectivity index (χ2n) is 8.28. The highest BCUT2D eigenvalue weighted by molar-refractivity contribution is 6.00. The number of carbonyl (C=O) groups is 4. The number of hydrogen-bond acceptors (Lipinski definition) is 6. The van der Waals surface area contributed by atoms with Gasteiger partial charge in [-0.25, -0.2) is 0 Å². The van der Waals surface area contributed by atoms with Crippen molar-refractivity contribution in [1.82, 2.24) is 10.6 Å². The van der Waals surface area contributed by atoms with Gasteiger partial charge < -0.3 is 30.1 Å². The van der Waals surface area contributed by atoms with Crippen LogP contribution in [0.3, 0.4) is 0 Å². The van der Waals surface area contributed by atoms with E-state index in [2.05, 4.69) is 21.3 Å². The first kappa shape index (κ1) is 26.0. The van der Waals surface area contributed by atoms with E-state index in [0.717, 1.165) is 0 Å². The minimum atomic E-state index is -0.376. The Balaban J connectivity index is 1.22. The van der Waals surface area contributed by atoms with Crippen LogP contribution in [-0.4, -0.2) is 23.6 Å². The number of hydrogen-bond donors (Lipinski definition) is 4. The van der Waals surface area contributed by atoms with E-state index in [1.165, 1.54) is 12.5 Å². The summed E-state index contributed by atoms with van der Waals surface area (Å²) in [6, 6.07) is 20.0. The zero-order valence-electron chi connectivity index (χ0n) is 20.4. The van der Waals surface area contributed by atoms with E-state index in [0.29, 0.717) is 34.0 Å². The molecule has 0 bridgehead atoms. The second kappa shape index (κ2) is 12.7. The Morgan fingerprint density at radius 1 is 0.579 bits per heavy atom. The molecule has 0 radical (unpaired) electrons. The van der Waals surface area contributed by atoms with E-state index in [9.17, 15) is 19.2 Å². The number of furan rings is 2. The number of benzene rings is 2. The molecule has 2 aromatic heterocycles. The average molecular weight is 515 g/mol. The van der Waals surface area contributed by atoms with Crippen LogP contribution < -0.4 is 21.3 Å². The van der Waals surface area contributed by atoms with Crippen molar-refractivity contribution in [1.29, 1.82) is 0 Å². The topological polar surface area (TPSA) is 143 Å². The Morgan fingerprint density at radius 3 is 1.42 bits per heavy atom. The van der Waals surface area contributed by atoms with Crippen LogP contribution in [0, 0.1) is 0 Å². The van der Waals surface area contributed by atoms with E-state index in [-0.39, 0.29) is 49.6 Å². The largest absolute Gasteiger partial charge is 0.467 e. The highest BCUT2D eigenvalue weighted by Gasteiger charge is 2.12. The van der Waals surface area contributed by atoms with Crippen molar-refractivity contribution in [3.8, 4) is 0 Å². The van der Waals surface area contributed by atoms with Crippen molar-refractivity contribution in [3.05, 3.63) is 108 Å². The van der Waals surface area contributed by atoms with Crippen molar-refractivity contribution in [2.24, 2.45) is 0 Å². The maximum absolute atomic E-state index is 12.4. The lowest BCUT2D eigenvalue weighted by atomic mass is 10.1. The summed E-state index contributed by atoms with van der Waals surface area (Å²) in [5.41, 5.74) is 1.63. The fourth-order valence-corrected chi connectivity index (χ4v) is 3.52. The van der Waals surface area contributed by atoms with Gasteiger partial charge in [-0.05, 0) is 60.7 Å². The summed E-state index contributed by atoms with van der Waals surface area (Å²) in [7, 11) is 0. The molecule has 4 N–H and O–H groups in total. The van der Waals surface area contributed by atoms with Gasteiger partial charge in [0.25, 0.3) is 11.8 Å². The van der Waals surface area contributed by atoms with E-state index in [1.54, 1.807) is 72.8 Å². The number of amides is 4. The Bertz CT molecular complexity index is 1290. The molecule has 4 aromatic rings. The van der Waals surface area contributed by atoms with Gasteiger partial charge in [-0.1, -0.05) is 12.1 Å². The first-order valence-corrected chi connectivity index (χ1v) is 11.9. The standard InChI is InChI=1S/C28H26N4O6/c33-25(31-21-7-1-5-19(15-21)27(35)29-17-23-9-3-13-37-23)11-12-26(34)32-22-8-2-6-20(16-22)28(36)30-18-24-10-4-14-38-24/h1-10,13-16H,11-12,17-18H2,(H,29,35)(H,30,36)(H,31,33)(H,32,34). The molecular weight excluding hydrogens is 488 g/mol. The molecule has 194 valence electrons. The molecule has 0 atom stereocenters. The van der Waals surface area contributed by atoms with Gasteiger partial charge in [-0.3, -0.25) is 19.2 Å². The highest BCUT2D eigenvalue weighted by Crippen LogP contribution is 2.14. The lowest BCUT2D eigenvalue weighted by molar-refractivity contribution is -0.121. The summed E-state index contributed by atoms with van der Waals surface area (Å²) in [5, 5.41) is 10.9. The monoisotopic (exact) mass is 514 g/mol. The third-order valence-corrected chi connectivity index (χ3v) is 5.40. The van der Waals surface area contributed by atoms with Gasteiger partial charge in [-0.15, -0.1) is 0 Å². The van der Waals surface area contributed by atoms with Gasteiger partial charge in [0.1, 0.15) is 11.5 Å². The predicted octanol–water partition coefficient (Wildman–Crippen LogP) is 4.09. The third-order valence-electron chi connectivity index (χ3n) is 5.40. The van der Waals surface area contributed by atoms with Crippen LogP contribution in [0.5, 0.6) is 0 Å². The molecule has 0 unspecified atom stereocenters. The lowest BCUT2D eigenvalue weighted by Gasteiger charge is -2.09. The Kier molecular flexibility index (Phi) is 8.69.